The SMILES string of the molecule is CN1c2ccc3ccccc3c2C(C)(C)C1C=CC1=C(Cl)C(CCC2N(C)c3ccc4ccccc4c3C2(C)C)CCC1. The lowest BCUT2D eigenvalue weighted by atomic mass is 9.75. The molecule has 0 radical (unpaired) electrons. The molecule has 0 amide bonds. The summed E-state index contributed by atoms with van der Waals surface area (Å²) in [5.74, 6) is 0.440. The van der Waals surface area contributed by atoms with Crippen LogP contribution in [0.5, 0.6) is 0 Å². The van der Waals surface area contributed by atoms with Crippen LogP contribution < -0.4 is 9.80 Å². The molecule has 2 nitrogen and oxygen atoms in total. The Bertz CT molecular complexity index is 1780. The van der Waals surface area contributed by atoms with Gasteiger partial charge in [0.2, 0.25) is 0 Å². The summed E-state index contributed by atoms with van der Waals surface area (Å²) in [6.45, 7) is 9.69. The van der Waals surface area contributed by atoms with Crippen molar-refractivity contribution < 1.29 is 0 Å². The lowest BCUT2D eigenvalue weighted by Crippen LogP contribution is -2.39. The molecule has 3 aliphatic rings. The molecule has 1 aliphatic carbocycles. The second kappa shape index (κ2) is 10.4. The predicted octanol–water partition coefficient (Wildman–Crippen LogP) is 10.5. The molecule has 0 aromatic heterocycles. The first-order valence-corrected chi connectivity index (χ1v) is 16.6. The van der Waals surface area contributed by atoms with Crippen LogP contribution in [0, 0.1) is 5.92 Å². The van der Waals surface area contributed by atoms with Crippen molar-refractivity contribution in [3.63, 3.8) is 0 Å². The number of halogens is 1. The number of rotatable bonds is 5. The third-order valence-corrected chi connectivity index (χ3v) is 11.8. The smallest absolute Gasteiger partial charge is 0.0565 e. The average molecular weight is 589 g/mol. The standard InChI is InChI=1S/C40H45ClN2/c1-39(2)34(42(5)32-22-18-26-12-7-9-16-30(26)36(32)39)24-20-28-14-11-15-29(38(28)41)21-25-35-40(3,4)37-31-17-10-8-13-27(31)19-23-33(37)43(35)6/h7-10,12-13,16-20,22-24,29,34-35H,11,14-15,21,25H2,1-6H3. The minimum Gasteiger partial charge on any atom is -0.370 e. The quantitative estimate of drug-likeness (QED) is 0.229. The normalized spacial score (nSPS) is 24.4. The van der Waals surface area contributed by atoms with Gasteiger partial charge in [0.05, 0.1) is 6.04 Å². The van der Waals surface area contributed by atoms with Crippen LogP contribution in [0.2, 0.25) is 0 Å². The Morgan fingerprint density at radius 2 is 1.33 bits per heavy atom. The van der Waals surface area contributed by atoms with Gasteiger partial charge in [0, 0.05) is 47.4 Å². The highest BCUT2D eigenvalue weighted by molar-refractivity contribution is 6.30. The topological polar surface area (TPSA) is 6.48 Å². The molecule has 4 aromatic carbocycles. The largest absolute Gasteiger partial charge is 0.370 e. The van der Waals surface area contributed by atoms with Crippen molar-refractivity contribution in [1.29, 1.82) is 0 Å². The van der Waals surface area contributed by atoms with Crippen molar-refractivity contribution in [3.05, 3.63) is 107 Å². The van der Waals surface area contributed by atoms with E-state index in [2.05, 4.69) is 137 Å². The van der Waals surface area contributed by atoms with Gasteiger partial charge < -0.3 is 9.80 Å². The zero-order valence-electron chi connectivity index (χ0n) is 26.6. The molecule has 0 bridgehead atoms. The summed E-state index contributed by atoms with van der Waals surface area (Å²) in [6, 6.07) is 27.6. The zero-order chi connectivity index (χ0) is 30.1. The van der Waals surface area contributed by atoms with E-state index in [1.807, 2.05) is 0 Å². The summed E-state index contributed by atoms with van der Waals surface area (Å²) >= 11 is 7.27. The van der Waals surface area contributed by atoms with E-state index >= 15 is 0 Å². The highest BCUT2D eigenvalue weighted by atomic mass is 35.5. The van der Waals surface area contributed by atoms with E-state index < -0.39 is 0 Å². The average Bonchev–Trinajstić information content (AvgIpc) is 3.33. The molecule has 3 atom stereocenters. The fourth-order valence-electron chi connectivity index (χ4n) is 9.03. The van der Waals surface area contributed by atoms with Gasteiger partial charge in [0.25, 0.3) is 0 Å². The van der Waals surface area contributed by atoms with Crippen LogP contribution >= 0.6 is 11.6 Å². The second-order valence-electron chi connectivity index (χ2n) is 14.4. The Morgan fingerprint density at radius 3 is 1.98 bits per heavy atom. The van der Waals surface area contributed by atoms with Crippen molar-refractivity contribution in [2.24, 2.45) is 5.92 Å². The molecule has 4 aromatic rings. The number of nitrogens with zero attached hydrogens (tertiary/aromatic N) is 2. The van der Waals surface area contributed by atoms with E-state index in [9.17, 15) is 0 Å². The fourth-order valence-corrected chi connectivity index (χ4v) is 9.41. The van der Waals surface area contributed by atoms with Gasteiger partial charge in [0.1, 0.15) is 0 Å². The van der Waals surface area contributed by atoms with Gasteiger partial charge in [0.15, 0.2) is 0 Å². The lowest BCUT2D eigenvalue weighted by Gasteiger charge is -2.34. The molecule has 2 heterocycles. The maximum Gasteiger partial charge on any atom is 0.0565 e. The van der Waals surface area contributed by atoms with Crippen LogP contribution in [0.25, 0.3) is 21.5 Å². The molecule has 43 heavy (non-hydrogen) atoms. The monoisotopic (exact) mass is 588 g/mol. The molecule has 0 fully saturated rings. The van der Waals surface area contributed by atoms with E-state index in [1.165, 1.54) is 62.5 Å². The van der Waals surface area contributed by atoms with Crippen molar-refractivity contribution in [1.82, 2.24) is 0 Å². The highest BCUT2D eigenvalue weighted by Crippen LogP contribution is 2.51. The van der Waals surface area contributed by atoms with E-state index in [4.69, 9.17) is 11.6 Å². The van der Waals surface area contributed by atoms with Crippen molar-refractivity contribution >= 4 is 44.5 Å². The maximum absolute atomic E-state index is 7.27. The Balaban J connectivity index is 1.11. The van der Waals surface area contributed by atoms with Gasteiger partial charge in [-0.25, -0.2) is 0 Å². The molecule has 3 heteroatoms. The van der Waals surface area contributed by atoms with Crippen molar-refractivity contribution in [3.8, 4) is 0 Å². The first-order chi connectivity index (χ1) is 20.6. The molecule has 2 aliphatic heterocycles. The first kappa shape index (κ1) is 28.5. The number of hydrogen-bond acceptors (Lipinski definition) is 2. The first-order valence-electron chi connectivity index (χ1n) is 16.2. The molecule has 0 saturated heterocycles. The minimum atomic E-state index is 0.000367. The lowest BCUT2D eigenvalue weighted by molar-refractivity contribution is 0.365. The third kappa shape index (κ3) is 4.43. The number of likely N-dealkylation sites (N-methyl/N-ethyl adjacent to an activating group) is 2. The molecule has 222 valence electrons. The van der Waals surface area contributed by atoms with Crippen LogP contribution in [0.1, 0.15) is 70.9 Å². The zero-order valence-corrected chi connectivity index (χ0v) is 27.4. The van der Waals surface area contributed by atoms with Gasteiger partial charge in [-0.05, 0) is 88.4 Å². The molecule has 0 saturated carbocycles. The third-order valence-electron chi connectivity index (χ3n) is 11.3. The maximum atomic E-state index is 7.27. The van der Waals surface area contributed by atoms with Crippen molar-refractivity contribution in [2.75, 3.05) is 23.9 Å². The van der Waals surface area contributed by atoms with Gasteiger partial charge in [-0.1, -0.05) is 112 Å². The Labute approximate surface area is 263 Å². The van der Waals surface area contributed by atoms with E-state index in [-0.39, 0.29) is 16.9 Å². The van der Waals surface area contributed by atoms with E-state index in [0.29, 0.717) is 12.0 Å². The number of hydrogen-bond donors (Lipinski definition) is 0. The summed E-state index contributed by atoms with van der Waals surface area (Å²) in [5, 5.41) is 6.53. The van der Waals surface area contributed by atoms with Gasteiger partial charge in [-0.15, -0.1) is 0 Å². The Kier molecular flexibility index (Phi) is 6.93. The van der Waals surface area contributed by atoms with Gasteiger partial charge in [-0.3, -0.25) is 0 Å². The molecule has 0 N–H and O–H groups in total. The summed E-state index contributed by atoms with van der Waals surface area (Å²) in [4.78, 5) is 5.01. The second-order valence-corrected chi connectivity index (χ2v) is 14.8. The summed E-state index contributed by atoms with van der Waals surface area (Å²) < 4.78 is 0. The Morgan fingerprint density at radius 1 is 0.744 bits per heavy atom. The highest BCUT2D eigenvalue weighted by Gasteiger charge is 2.45. The molecular weight excluding hydrogens is 544 g/mol. The van der Waals surface area contributed by atoms with Gasteiger partial charge >= 0.3 is 0 Å². The van der Waals surface area contributed by atoms with Gasteiger partial charge in [-0.2, -0.15) is 0 Å². The van der Waals surface area contributed by atoms with Crippen LogP contribution in [0.4, 0.5) is 11.4 Å². The summed E-state index contributed by atoms with van der Waals surface area (Å²) in [5.41, 5.74) is 7.12. The van der Waals surface area contributed by atoms with E-state index in [1.54, 1.807) is 0 Å². The molecule has 0 spiro atoms. The summed E-state index contributed by atoms with van der Waals surface area (Å²) in [6.07, 6.45) is 10.6. The molecule has 7 rings (SSSR count). The summed E-state index contributed by atoms with van der Waals surface area (Å²) in [7, 11) is 4.54. The number of anilines is 2. The van der Waals surface area contributed by atoms with Crippen LogP contribution in [-0.2, 0) is 10.8 Å². The molecule has 3 unspecified atom stereocenters. The molecular formula is C40H45ClN2. The van der Waals surface area contributed by atoms with E-state index in [0.717, 1.165) is 24.3 Å². The van der Waals surface area contributed by atoms with Crippen LogP contribution in [0.3, 0.4) is 0 Å². The minimum absolute atomic E-state index is 0.000367. The number of fused-ring (bicyclic) bond motifs is 6. The number of benzene rings is 4. The predicted molar refractivity (Wildman–Crippen MR) is 187 cm³/mol. The van der Waals surface area contributed by atoms with Crippen LogP contribution in [-0.4, -0.2) is 26.2 Å². The van der Waals surface area contributed by atoms with Crippen LogP contribution in [0.15, 0.2) is 95.6 Å². The number of allylic oxidation sites excluding steroid dienone is 3. The fraction of sp³-hybridized carbons (Fsp3) is 0.400. The Hall–Kier alpha value is -3.23. The van der Waals surface area contributed by atoms with Crippen molar-refractivity contribution in [2.45, 2.75) is 82.7 Å².